The minimum absolute atomic E-state index is 0.00233. The molecule has 1 N–H and O–H groups in total. The van der Waals surface area contributed by atoms with Gasteiger partial charge in [-0.1, -0.05) is 11.6 Å². The predicted molar refractivity (Wildman–Crippen MR) is 101 cm³/mol. The summed E-state index contributed by atoms with van der Waals surface area (Å²) in [5.41, 5.74) is 2.86. The fourth-order valence-electron chi connectivity index (χ4n) is 4.33. The number of nitrogens with zero attached hydrogens (tertiary/aromatic N) is 3. The molecule has 1 amide bonds. The summed E-state index contributed by atoms with van der Waals surface area (Å²) in [5.74, 6) is -0.723. The van der Waals surface area contributed by atoms with Crippen LogP contribution in [0, 0.1) is 12.8 Å². The molecule has 0 radical (unpaired) electrons. The maximum atomic E-state index is 13.4. The molecule has 4 rings (SSSR count). The van der Waals surface area contributed by atoms with E-state index in [9.17, 15) is 9.59 Å². The number of aliphatic carboxylic acids is 1. The summed E-state index contributed by atoms with van der Waals surface area (Å²) in [5, 5.41) is 10.2. The summed E-state index contributed by atoms with van der Waals surface area (Å²) < 4.78 is 7.71. The standard InChI is InChI=1S/C20H25N3O4/c1-13-3-4-17-15(5-13)6-18(21(17)2)20(26)23-8-14-7-22(10-19(24)25)9-16(23)12-27-11-14/h3-6,14,16H,7-12H2,1-2H3,(H,24,25)/t14-,16-/m0/s1. The first-order valence-electron chi connectivity index (χ1n) is 9.31. The molecule has 0 aliphatic carbocycles. The maximum absolute atomic E-state index is 13.4. The molecule has 1 aromatic carbocycles. The highest BCUT2D eigenvalue weighted by Crippen LogP contribution is 2.25. The van der Waals surface area contributed by atoms with E-state index in [0.717, 1.165) is 16.5 Å². The number of aryl methyl sites for hydroxylation is 2. The van der Waals surface area contributed by atoms with E-state index in [2.05, 4.69) is 6.07 Å². The number of carboxylic acid groups (broad SMARTS) is 1. The molecule has 2 fully saturated rings. The minimum Gasteiger partial charge on any atom is -0.480 e. The van der Waals surface area contributed by atoms with Crippen LogP contribution in [0.25, 0.3) is 10.9 Å². The molecule has 2 saturated heterocycles. The Balaban J connectivity index is 1.65. The maximum Gasteiger partial charge on any atom is 0.317 e. The van der Waals surface area contributed by atoms with E-state index < -0.39 is 5.97 Å². The Bertz CT molecular complexity index is 891. The van der Waals surface area contributed by atoms with Crippen molar-refractivity contribution >= 4 is 22.8 Å². The molecule has 2 atom stereocenters. The third kappa shape index (κ3) is 3.44. The molecule has 27 heavy (non-hydrogen) atoms. The second-order valence-electron chi connectivity index (χ2n) is 7.75. The van der Waals surface area contributed by atoms with E-state index in [4.69, 9.17) is 9.84 Å². The highest BCUT2D eigenvalue weighted by atomic mass is 16.5. The summed E-state index contributed by atoms with van der Waals surface area (Å²) in [6, 6.07) is 8.00. The van der Waals surface area contributed by atoms with Gasteiger partial charge in [0.05, 0.1) is 25.8 Å². The summed E-state index contributed by atoms with van der Waals surface area (Å²) in [6.45, 7) is 4.81. The van der Waals surface area contributed by atoms with Gasteiger partial charge in [-0.2, -0.15) is 0 Å². The first-order valence-corrected chi connectivity index (χ1v) is 9.31. The van der Waals surface area contributed by atoms with Gasteiger partial charge in [-0.05, 0) is 25.1 Å². The van der Waals surface area contributed by atoms with Crippen molar-refractivity contribution in [3.8, 4) is 0 Å². The monoisotopic (exact) mass is 371 g/mol. The van der Waals surface area contributed by atoms with Crippen molar-refractivity contribution in [3.63, 3.8) is 0 Å². The summed E-state index contributed by atoms with van der Waals surface area (Å²) >= 11 is 0. The van der Waals surface area contributed by atoms with Crippen LogP contribution in [0.4, 0.5) is 0 Å². The van der Waals surface area contributed by atoms with Crippen LogP contribution in [0.1, 0.15) is 16.1 Å². The lowest BCUT2D eigenvalue weighted by molar-refractivity contribution is -0.138. The number of benzene rings is 1. The van der Waals surface area contributed by atoms with Gasteiger partial charge >= 0.3 is 5.97 Å². The Morgan fingerprint density at radius 3 is 2.78 bits per heavy atom. The van der Waals surface area contributed by atoms with E-state index in [1.807, 2.05) is 46.5 Å². The number of amides is 1. The van der Waals surface area contributed by atoms with Gasteiger partial charge in [0, 0.05) is 43.5 Å². The average molecular weight is 371 g/mol. The molecule has 3 heterocycles. The highest BCUT2D eigenvalue weighted by molar-refractivity contribution is 5.99. The number of ether oxygens (including phenoxy) is 1. The van der Waals surface area contributed by atoms with Crippen molar-refractivity contribution in [2.24, 2.45) is 13.0 Å². The van der Waals surface area contributed by atoms with Crippen molar-refractivity contribution in [2.75, 3.05) is 39.4 Å². The molecule has 2 bridgehead atoms. The number of aromatic nitrogens is 1. The van der Waals surface area contributed by atoms with Crippen molar-refractivity contribution in [1.29, 1.82) is 0 Å². The number of carbonyl (C=O) groups excluding carboxylic acids is 1. The van der Waals surface area contributed by atoms with Crippen LogP contribution in [0.5, 0.6) is 0 Å². The smallest absolute Gasteiger partial charge is 0.317 e. The lowest BCUT2D eigenvalue weighted by atomic mass is 10.1. The predicted octanol–water partition coefficient (Wildman–Crippen LogP) is 1.34. The molecule has 7 heteroatoms. The lowest BCUT2D eigenvalue weighted by Crippen LogP contribution is -2.47. The molecule has 0 saturated carbocycles. The third-order valence-corrected chi connectivity index (χ3v) is 5.58. The van der Waals surface area contributed by atoms with Gasteiger partial charge < -0.3 is 19.3 Å². The van der Waals surface area contributed by atoms with Crippen LogP contribution in [0.15, 0.2) is 24.3 Å². The Morgan fingerprint density at radius 2 is 2.00 bits per heavy atom. The quantitative estimate of drug-likeness (QED) is 0.881. The minimum atomic E-state index is -0.835. The Kier molecular flexibility index (Phi) is 4.65. The third-order valence-electron chi connectivity index (χ3n) is 5.58. The van der Waals surface area contributed by atoms with E-state index in [-0.39, 0.29) is 24.4 Å². The van der Waals surface area contributed by atoms with E-state index >= 15 is 0 Å². The van der Waals surface area contributed by atoms with Gasteiger partial charge in [0.25, 0.3) is 5.91 Å². The highest BCUT2D eigenvalue weighted by Gasteiger charge is 2.37. The fraction of sp³-hybridized carbons (Fsp3) is 0.500. The van der Waals surface area contributed by atoms with Crippen molar-refractivity contribution in [2.45, 2.75) is 13.0 Å². The zero-order valence-corrected chi connectivity index (χ0v) is 15.7. The molecule has 2 aromatic rings. The molecule has 0 spiro atoms. The molecule has 0 unspecified atom stereocenters. The van der Waals surface area contributed by atoms with E-state index in [1.165, 1.54) is 0 Å². The van der Waals surface area contributed by atoms with Crippen LogP contribution in [0.2, 0.25) is 0 Å². The second-order valence-corrected chi connectivity index (χ2v) is 7.75. The first-order chi connectivity index (χ1) is 12.9. The summed E-state index contributed by atoms with van der Waals surface area (Å²) in [4.78, 5) is 28.4. The van der Waals surface area contributed by atoms with E-state index in [0.29, 0.717) is 38.5 Å². The van der Waals surface area contributed by atoms with Crippen molar-refractivity contribution in [1.82, 2.24) is 14.4 Å². The number of fused-ring (bicyclic) bond motifs is 4. The number of hydrogen-bond donors (Lipinski definition) is 1. The van der Waals surface area contributed by atoms with Gasteiger partial charge in [-0.25, -0.2) is 0 Å². The SMILES string of the molecule is Cc1ccc2c(c1)cc(C(=O)N1C[C@H]3COC[C@@H]1CN(CC(=O)O)C3)n2C. The largest absolute Gasteiger partial charge is 0.480 e. The number of carboxylic acids is 1. The fourth-order valence-corrected chi connectivity index (χ4v) is 4.33. The van der Waals surface area contributed by atoms with Gasteiger partial charge in [0.1, 0.15) is 5.69 Å². The average Bonchev–Trinajstić information content (AvgIpc) is 2.73. The number of carbonyl (C=O) groups is 2. The number of rotatable bonds is 3. The molecular formula is C20H25N3O4. The zero-order chi connectivity index (χ0) is 19.1. The molecule has 144 valence electrons. The van der Waals surface area contributed by atoms with Crippen LogP contribution in [0.3, 0.4) is 0 Å². The van der Waals surface area contributed by atoms with Crippen LogP contribution < -0.4 is 0 Å². The molecule has 2 aliphatic heterocycles. The Labute approximate surface area is 158 Å². The Morgan fingerprint density at radius 1 is 1.19 bits per heavy atom. The topological polar surface area (TPSA) is 75.0 Å². The Hall–Kier alpha value is -2.38. The molecule has 2 aliphatic rings. The first kappa shape index (κ1) is 18.0. The summed E-state index contributed by atoms with van der Waals surface area (Å²) in [7, 11) is 1.92. The van der Waals surface area contributed by atoms with Gasteiger partial charge in [-0.3, -0.25) is 14.5 Å². The van der Waals surface area contributed by atoms with E-state index in [1.54, 1.807) is 0 Å². The molecule has 1 aromatic heterocycles. The lowest BCUT2D eigenvalue weighted by Gasteiger charge is -2.30. The van der Waals surface area contributed by atoms with Crippen molar-refractivity contribution < 1.29 is 19.4 Å². The molecular weight excluding hydrogens is 346 g/mol. The van der Waals surface area contributed by atoms with Gasteiger partial charge in [-0.15, -0.1) is 0 Å². The van der Waals surface area contributed by atoms with Gasteiger partial charge in [0.2, 0.25) is 0 Å². The van der Waals surface area contributed by atoms with Crippen molar-refractivity contribution in [3.05, 3.63) is 35.5 Å². The van der Waals surface area contributed by atoms with Crippen LogP contribution in [-0.2, 0) is 16.6 Å². The summed E-state index contributed by atoms with van der Waals surface area (Å²) in [6.07, 6.45) is 0. The normalized spacial score (nSPS) is 23.4. The van der Waals surface area contributed by atoms with Crippen LogP contribution >= 0.6 is 0 Å². The van der Waals surface area contributed by atoms with Crippen LogP contribution in [-0.4, -0.2) is 76.8 Å². The molecule has 7 nitrogen and oxygen atoms in total. The second kappa shape index (κ2) is 6.98. The van der Waals surface area contributed by atoms with Gasteiger partial charge in [0.15, 0.2) is 0 Å². The number of hydrogen-bond acceptors (Lipinski definition) is 4. The zero-order valence-electron chi connectivity index (χ0n) is 15.7.